The van der Waals surface area contributed by atoms with E-state index in [1.165, 1.54) is 11.3 Å². The highest BCUT2D eigenvalue weighted by atomic mass is 32.1. The van der Waals surface area contributed by atoms with Crippen LogP contribution >= 0.6 is 11.3 Å². The van der Waals surface area contributed by atoms with Crippen molar-refractivity contribution >= 4 is 22.9 Å². The van der Waals surface area contributed by atoms with Gasteiger partial charge in [-0.2, -0.15) is 0 Å². The fourth-order valence-electron chi connectivity index (χ4n) is 1.58. The number of terminal acetylenes is 1. The van der Waals surface area contributed by atoms with Crippen molar-refractivity contribution in [2.45, 2.75) is 27.2 Å². The molecule has 0 N–H and O–H groups in total. The Kier molecular flexibility index (Phi) is 5.71. The summed E-state index contributed by atoms with van der Waals surface area (Å²) in [7, 11) is 0. The predicted molar refractivity (Wildman–Crippen MR) is 76.7 cm³/mol. The molecule has 0 amide bonds. The Labute approximate surface area is 117 Å². The molecular weight excluding hydrogens is 260 g/mol. The monoisotopic (exact) mass is 278 g/mol. The average Bonchev–Trinajstić information content (AvgIpc) is 2.87. The minimum Gasteiger partial charge on any atom is -0.461 e. The molecule has 0 aromatic carbocycles. The molecule has 19 heavy (non-hydrogen) atoms. The molecule has 2 unspecified atom stereocenters. The van der Waals surface area contributed by atoms with Crippen LogP contribution in [0.3, 0.4) is 0 Å². The Hall–Kier alpha value is -1.67. The first-order chi connectivity index (χ1) is 8.99. The van der Waals surface area contributed by atoms with E-state index in [1.54, 1.807) is 6.92 Å². The number of hydrogen-bond donors (Lipinski definition) is 0. The molecule has 5 heteroatoms. The second-order valence-electron chi connectivity index (χ2n) is 4.36. The van der Waals surface area contributed by atoms with Gasteiger partial charge >= 0.3 is 5.97 Å². The number of hydrogen-bond acceptors (Lipinski definition) is 5. The van der Waals surface area contributed by atoms with Crippen LogP contribution in [0.1, 0.15) is 42.0 Å². The third-order valence-electron chi connectivity index (χ3n) is 2.74. The van der Waals surface area contributed by atoms with Crippen LogP contribution in [0.25, 0.3) is 5.57 Å². The van der Waals surface area contributed by atoms with Crippen molar-refractivity contribution in [3.05, 3.63) is 16.6 Å². The number of carbonyl (C=O) groups excluding carboxylic acids is 1. The summed E-state index contributed by atoms with van der Waals surface area (Å²) < 4.78 is 4.88. The first kappa shape index (κ1) is 15.4. The highest BCUT2D eigenvalue weighted by molar-refractivity contribution is 7.14. The molecule has 0 spiro atoms. The minimum atomic E-state index is -0.441. The Balaban J connectivity index is 2.73. The molecule has 1 aromatic rings. The van der Waals surface area contributed by atoms with E-state index in [1.807, 2.05) is 13.8 Å². The number of ether oxygens (including phenoxy) is 1. The van der Waals surface area contributed by atoms with E-state index in [-0.39, 0.29) is 16.8 Å². The molecule has 1 aromatic heterocycles. The maximum absolute atomic E-state index is 11.5. The van der Waals surface area contributed by atoms with Gasteiger partial charge in [0.1, 0.15) is 5.01 Å². The van der Waals surface area contributed by atoms with Crippen LogP contribution in [-0.2, 0) is 4.74 Å². The van der Waals surface area contributed by atoms with Crippen molar-refractivity contribution in [3.8, 4) is 12.3 Å². The van der Waals surface area contributed by atoms with E-state index < -0.39 is 5.97 Å². The van der Waals surface area contributed by atoms with E-state index in [2.05, 4.69) is 22.7 Å². The molecular formula is C14H18N2O2S. The number of rotatable bonds is 6. The normalized spacial score (nSPS) is 13.4. The zero-order chi connectivity index (χ0) is 14.4. The van der Waals surface area contributed by atoms with Crippen molar-refractivity contribution < 1.29 is 9.53 Å². The topological polar surface area (TPSA) is 52.1 Å². The molecule has 0 saturated carbocycles. The molecule has 0 fully saturated rings. The number of allylic oxidation sites excluding steroid dienone is 1. The lowest BCUT2D eigenvalue weighted by molar-refractivity contribution is 0.0525. The number of aromatic nitrogens is 2. The summed E-state index contributed by atoms with van der Waals surface area (Å²) in [6.45, 7) is 10.1. The molecule has 0 aliphatic heterocycles. The number of esters is 1. The third-order valence-corrected chi connectivity index (χ3v) is 3.72. The van der Waals surface area contributed by atoms with Crippen molar-refractivity contribution in [2.75, 3.05) is 6.61 Å². The lowest BCUT2D eigenvalue weighted by Crippen LogP contribution is -2.03. The molecule has 4 nitrogen and oxygen atoms in total. The number of nitrogens with zero attached hydrogens (tertiary/aromatic N) is 2. The fourth-order valence-corrected chi connectivity index (χ4v) is 2.40. The zero-order valence-corrected chi connectivity index (χ0v) is 12.3. The summed E-state index contributed by atoms with van der Waals surface area (Å²) in [6.07, 6.45) is 6.21. The molecule has 0 saturated heterocycles. The van der Waals surface area contributed by atoms with Gasteiger partial charge in [-0.05, 0) is 24.8 Å². The van der Waals surface area contributed by atoms with Gasteiger partial charge < -0.3 is 4.74 Å². The quantitative estimate of drug-likeness (QED) is 0.593. The summed E-state index contributed by atoms with van der Waals surface area (Å²) in [5.41, 5.74) is 0.857. The van der Waals surface area contributed by atoms with Crippen molar-refractivity contribution in [3.63, 3.8) is 0 Å². The Morgan fingerprint density at radius 3 is 2.68 bits per heavy atom. The molecule has 2 atom stereocenters. The second kappa shape index (κ2) is 7.05. The maximum Gasteiger partial charge on any atom is 0.369 e. The fraction of sp³-hybridized carbons (Fsp3) is 0.500. The van der Waals surface area contributed by atoms with Crippen LogP contribution in [0.4, 0.5) is 0 Å². The molecule has 1 heterocycles. The van der Waals surface area contributed by atoms with E-state index in [4.69, 9.17) is 11.2 Å². The minimum absolute atomic E-state index is 0.184. The molecule has 0 bridgehead atoms. The number of carbonyl (C=O) groups is 1. The third kappa shape index (κ3) is 4.18. The highest BCUT2D eigenvalue weighted by Gasteiger charge is 2.19. The van der Waals surface area contributed by atoms with Gasteiger partial charge in [0, 0.05) is 5.92 Å². The maximum atomic E-state index is 11.5. The van der Waals surface area contributed by atoms with Gasteiger partial charge in [0.15, 0.2) is 0 Å². The molecule has 1 rings (SSSR count). The van der Waals surface area contributed by atoms with Gasteiger partial charge in [0.05, 0.1) is 6.61 Å². The Morgan fingerprint density at radius 2 is 2.11 bits per heavy atom. The SMILES string of the molecule is C#CC(C)CC(C)C(=C)c1nnc(C(=O)OCC)s1. The van der Waals surface area contributed by atoms with Gasteiger partial charge in [-0.15, -0.1) is 22.5 Å². The molecule has 0 radical (unpaired) electrons. The highest BCUT2D eigenvalue weighted by Crippen LogP contribution is 2.28. The second-order valence-corrected chi connectivity index (χ2v) is 5.34. The van der Waals surface area contributed by atoms with Crippen LogP contribution < -0.4 is 0 Å². The first-order valence-corrected chi connectivity index (χ1v) is 6.97. The summed E-state index contributed by atoms with van der Waals surface area (Å²) in [4.78, 5) is 11.5. The predicted octanol–water partition coefficient (Wildman–Crippen LogP) is 3.02. The summed E-state index contributed by atoms with van der Waals surface area (Å²) >= 11 is 1.20. The van der Waals surface area contributed by atoms with E-state index in [9.17, 15) is 4.79 Å². The van der Waals surface area contributed by atoms with E-state index in [0.717, 1.165) is 12.0 Å². The Bertz CT molecular complexity index is 502. The van der Waals surface area contributed by atoms with Crippen LogP contribution in [0, 0.1) is 24.2 Å². The van der Waals surface area contributed by atoms with Crippen LogP contribution in [-0.4, -0.2) is 22.8 Å². The molecule has 102 valence electrons. The van der Waals surface area contributed by atoms with Crippen molar-refractivity contribution in [1.29, 1.82) is 0 Å². The largest absolute Gasteiger partial charge is 0.461 e. The van der Waals surface area contributed by atoms with Gasteiger partial charge in [0.2, 0.25) is 5.01 Å². The zero-order valence-electron chi connectivity index (χ0n) is 11.5. The van der Waals surface area contributed by atoms with Crippen LogP contribution in [0.2, 0.25) is 0 Å². The van der Waals surface area contributed by atoms with Crippen molar-refractivity contribution in [1.82, 2.24) is 10.2 Å². The summed E-state index contributed by atoms with van der Waals surface area (Å²) in [5.74, 6) is 2.64. The Morgan fingerprint density at radius 1 is 1.47 bits per heavy atom. The van der Waals surface area contributed by atoms with Gasteiger partial charge in [-0.1, -0.05) is 31.8 Å². The standard InChI is InChI=1S/C14H18N2O2S/c1-6-9(3)8-10(4)11(5)12-15-16-13(19-12)14(17)18-7-2/h1,9-10H,5,7-8H2,2-4H3. The summed E-state index contributed by atoms with van der Waals surface area (Å²) in [6, 6.07) is 0. The van der Waals surface area contributed by atoms with Crippen molar-refractivity contribution in [2.24, 2.45) is 11.8 Å². The van der Waals surface area contributed by atoms with E-state index in [0.29, 0.717) is 11.6 Å². The average molecular weight is 278 g/mol. The van der Waals surface area contributed by atoms with Crippen LogP contribution in [0.15, 0.2) is 6.58 Å². The van der Waals surface area contributed by atoms with Gasteiger partial charge in [-0.25, -0.2) is 4.79 Å². The lowest BCUT2D eigenvalue weighted by atomic mass is 9.92. The molecule has 0 aliphatic carbocycles. The summed E-state index contributed by atoms with van der Waals surface area (Å²) in [5, 5.41) is 8.75. The smallest absolute Gasteiger partial charge is 0.369 e. The first-order valence-electron chi connectivity index (χ1n) is 6.15. The molecule has 0 aliphatic rings. The van der Waals surface area contributed by atoms with Gasteiger partial charge in [-0.3, -0.25) is 0 Å². The lowest BCUT2D eigenvalue weighted by Gasteiger charge is -2.13. The van der Waals surface area contributed by atoms with E-state index >= 15 is 0 Å². The van der Waals surface area contributed by atoms with Crippen LogP contribution in [0.5, 0.6) is 0 Å². The van der Waals surface area contributed by atoms with Gasteiger partial charge in [0.25, 0.3) is 0 Å².